The van der Waals surface area contributed by atoms with Crippen molar-refractivity contribution in [3.63, 3.8) is 0 Å². The topological polar surface area (TPSA) is 26.3 Å². The summed E-state index contributed by atoms with van der Waals surface area (Å²) in [5.74, 6) is -0.232. The van der Waals surface area contributed by atoms with E-state index >= 15 is 0 Å². The second kappa shape index (κ2) is 4.55. The third-order valence-corrected chi connectivity index (χ3v) is 3.89. The van der Waals surface area contributed by atoms with E-state index in [1.807, 2.05) is 32.0 Å². The lowest BCUT2D eigenvalue weighted by molar-refractivity contribution is 0.0528. The molecule has 1 heterocycles. The van der Waals surface area contributed by atoms with Crippen LogP contribution in [0.3, 0.4) is 0 Å². The summed E-state index contributed by atoms with van der Waals surface area (Å²) in [7, 11) is 0. The minimum absolute atomic E-state index is 0.232. The third-order valence-electron chi connectivity index (χ3n) is 2.31. The van der Waals surface area contributed by atoms with Crippen LogP contribution in [-0.2, 0) is 4.74 Å². The molecule has 84 valence electrons. The fourth-order valence-electron chi connectivity index (χ4n) is 1.65. The molecule has 2 rings (SSSR count). The van der Waals surface area contributed by atoms with E-state index in [9.17, 15) is 4.79 Å². The first-order valence-corrected chi connectivity index (χ1v) is 6.60. The van der Waals surface area contributed by atoms with Gasteiger partial charge in [0.05, 0.1) is 12.2 Å². The zero-order chi connectivity index (χ0) is 11.7. The van der Waals surface area contributed by atoms with Gasteiger partial charge in [-0.1, -0.05) is 15.9 Å². The predicted molar refractivity (Wildman–Crippen MR) is 70.2 cm³/mol. The average molecular weight is 299 g/mol. The number of thiophene rings is 1. The van der Waals surface area contributed by atoms with Crippen LogP contribution in [0.15, 0.2) is 22.7 Å². The number of aryl methyl sites for hydroxylation is 1. The molecule has 0 unspecified atom stereocenters. The predicted octanol–water partition coefficient (Wildman–Crippen LogP) is 4.15. The first-order chi connectivity index (χ1) is 7.63. The molecular formula is C12H11BrO2S. The van der Waals surface area contributed by atoms with Crippen molar-refractivity contribution in [1.82, 2.24) is 0 Å². The van der Waals surface area contributed by atoms with Gasteiger partial charge in [-0.15, -0.1) is 11.3 Å². The van der Waals surface area contributed by atoms with Gasteiger partial charge in [0, 0.05) is 19.4 Å². The van der Waals surface area contributed by atoms with E-state index in [2.05, 4.69) is 15.9 Å². The summed E-state index contributed by atoms with van der Waals surface area (Å²) in [4.78, 5) is 12.8. The van der Waals surface area contributed by atoms with E-state index in [4.69, 9.17) is 4.74 Å². The molecule has 1 aromatic carbocycles. The molecule has 1 aromatic heterocycles. The molecule has 4 heteroatoms. The number of hydrogen-bond acceptors (Lipinski definition) is 3. The second-order valence-corrected chi connectivity index (χ2v) is 5.57. The Balaban J connectivity index is 2.62. The highest BCUT2D eigenvalue weighted by Crippen LogP contribution is 2.33. The highest BCUT2D eigenvalue weighted by Gasteiger charge is 2.17. The molecule has 0 saturated carbocycles. The molecule has 0 aliphatic rings. The Hall–Kier alpha value is -0.870. The number of carbonyl (C=O) groups is 1. The maximum atomic E-state index is 11.8. The van der Waals surface area contributed by atoms with Crippen LogP contribution in [0.4, 0.5) is 0 Å². The van der Waals surface area contributed by atoms with Crippen molar-refractivity contribution in [3.8, 4) is 0 Å². The van der Waals surface area contributed by atoms with Crippen molar-refractivity contribution in [3.05, 3.63) is 33.1 Å². The lowest BCUT2D eigenvalue weighted by Crippen LogP contribution is -2.04. The fourth-order valence-corrected chi connectivity index (χ4v) is 3.04. The van der Waals surface area contributed by atoms with E-state index < -0.39 is 0 Å². The molecule has 0 amide bonds. The Morgan fingerprint density at radius 3 is 2.94 bits per heavy atom. The standard InChI is InChI=1S/C12H11BrO2S/c1-3-15-12(14)11-7(2)16-10-5-4-8(13)6-9(10)11/h4-6H,3H2,1-2H3. The van der Waals surface area contributed by atoms with Crippen LogP contribution in [0, 0.1) is 6.92 Å². The molecule has 0 radical (unpaired) electrons. The normalized spacial score (nSPS) is 10.7. The van der Waals surface area contributed by atoms with Crippen LogP contribution in [-0.4, -0.2) is 12.6 Å². The number of hydrogen-bond donors (Lipinski definition) is 0. The van der Waals surface area contributed by atoms with Crippen molar-refractivity contribution in [2.24, 2.45) is 0 Å². The molecule has 0 fully saturated rings. The number of fused-ring (bicyclic) bond motifs is 1. The zero-order valence-corrected chi connectivity index (χ0v) is 11.4. The van der Waals surface area contributed by atoms with Crippen molar-refractivity contribution < 1.29 is 9.53 Å². The molecule has 0 atom stereocenters. The van der Waals surface area contributed by atoms with Gasteiger partial charge in [0.1, 0.15) is 0 Å². The number of benzene rings is 1. The van der Waals surface area contributed by atoms with Gasteiger partial charge in [0.25, 0.3) is 0 Å². The van der Waals surface area contributed by atoms with Gasteiger partial charge < -0.3 is 4.74 Å². The van der Waals surface area contributed by atoms with Crippen LogP contribution < -0.4 is 0 Å². The van der Waals surface area contributed by atoms with Gasteiger partial charge in [-0.05, 0) is 32.0 Å². The van der Waals surface area contributed by atoms with E-state index in [1.165, 1.54) is 0 Å². The minimum atomic E-state index is -0.232. The minimum Gasteiger partial charge on any atom is -0.462 e. The highest BCUT2D eigenvalue weighted by molar-refractivity contribution is 9.10. The molecule has 0 spiro atoms. The molecule has 2 nitrogen and oxygen atoms in total. The zero-order valence-electron chi connectivity index (χ0n) is 9.04. The molecule has 0 N–H and O–H groups in total. The summed E-state index contributed by atoms with van der Waals surface area (Å²) < 4.78 is 7.16. The molecular weight excluding hydrogens is 288 g/mol. The molecule has 0 aliphatic carbocycles. The number of ether oxygens (including phenoxy) is 1. The van der Waals surface area contributed by atoms with Gasteiger partial charge in [-0.2, -0.15) is 0 Å². The van der Waals surface area contributed by atoms with Crippen molar-refractivity contribution >= 4 is 43.3 Å². The van der Waals surface area contributed by atoms with E-state index in [1.54, 1.807) is 11.3 Å². The largest absolute Gasteiger partial charge is 0.462 e. The number of carbonyl (C=O) groups excluding carboxylic acids is 1. The van der Waals surface area contributed by atoms with Crippen LogP contribution in [0.1, 0.15) is 22.2 Å². The highest BCUT2D eigenvalue weighted by atomic mass is 79.9. The number of esters is 1. The van der Waals surface area contributed by atoms with E-state index in [0.29, 0.717) is 12.2 Å². The number of halogens is 1. The summed E-state index contributed by atoms with van der Waals surface area (Å²) in [6.45, 7) is 4.17. The van der Waals surface area contributed by atoms with Crippen LogP contribution >= 0.6 is 27.3 Å². The lowest BCUT2D eigenvalue weighted by atomic mass is 10.1. The van der Waals surface area contributed by atoms with Gasteiger partial charge in [-0.25, -0.2) is 4.79 Å². The quantitative estimate of drug-likeness (QED) is 0.779. The number of rotatable bonds is 2. The smallest absolute Gasteiger partial charge is 0.339 e. The molecule has 0 aliphatic heterocycles. The van der Waals surface area contributed by atoms with Crippen molar-refractivity contribution in [2.75, 3.05) is 6.61 Å². The monoisotopic (exact) mass is 298 g/mol. The van der Waals surface area contributed by atoms with E-state index in [0.717, 1.165) is 19.4 Å². The Morgan fingerprint density at radius 1 is 1.50 bits per heavy atom. The summed E-state index contributed by atoms with van der Waals surface area (Å²) in [5.41, 5.74) is 0.697. The van der Waals surface area contributed by atoms with Crippen LogP contribution in [0.25, 0.3) is 10.1 Å². The second-order valence-electron chi connectivity index (χ2n) is 3.39. The Morgan fingerprint density at radius 2 is 2.25 bits per heavy atom. The maximum Gasteiger partial charge on any atom is 0.339 e. The van der Waals surface area contributed by atoms with Crippen LogP contribution in [0.5, 0.6) is 0 Å². The van der Waals surface area contributed by atoms with Gasteiger partial charge >= 0.3 is 5.97 Å². The fraction of sp³-hybridized carbons (Fsp3) is 0.250. The van der Waals surface area contributed by atoms with Crippen molar-refractivity contribution in [2.45, 2.75) is 13.8 Å². The molecule has 16 heavy (non-hydrogen) atoms. The maximum absolute atomic E-state index is 11.8. The summed E-state index contributed by atoms with van der Waals surface area (Å²) >= 11 is 5.04. The lowest BCUT2D eigenvalue weighted by Gasteiger charge is -2.01. The Kier molecular flexibility index (Phi) is 3.30. The van der Waals surface area contributed by atoms with Gasteiger partial charge in [-0.3, -0.25) is 0 Å². The summed E-state index contributed by atoms with van der Waals surface area (Å²) in [6.07, 6.45) is 0. The van der Waals surface area contributed by atoms with Crippen molar-refractivity contribution in [1.29, 1.82) is 0 Å². The average Bonchev–Trinajstić information content (AvgIpc) is 2.53. The van der Waals surface area contributed by atoms with Gasteiger partial charge in [0.15, 0.2) is 0 Å². The SMILES string of the molecule is CCOC(=O)c1c(C)sc2ccc(Br)cc12. The van der Waals surface area contributed by atoms with Crippen LogP contribution in [0.2, 0.25) is 0 Å². The summed E-state index contributed by atoms with van der Waals surface area (Å²) in [6, 6.07) is 5.96. The molecule has 0 bridgehead atoms. The first kappa shape index (κ1) is 11.6. The van der Waals surface area contributed by atoms with Gasteiger partial charge in [0.2, 0.25) is 0 Å². The molecule has 2 aromatic rings. The Bertz CT molecular complexity index is 545. The Labute approximate surface area is 106 Å². The first-order valence-electron chi connectivity index (χ1n) is 4.99. The third kappa shape index (κ3) is 1.99. The molecule has 0 saturated heterocycles. The van der Waals surface area contributed by atoms with E-state index in [-0.39, 0.29) is 5.97 Å². The summed E-state index contributed by atoms with van der Waals surface area (Å²) in [5, 5.41) is 0.968.